The number of carbonyl (C=O) groups excluding carboxylic acids is 2. The minimum absolute atomic E-state index is 0.0675. The van der Waals surface area contributed by atoms with Gasteiger partial charge in [0.1, 0.15) is 24.1 Å². The Morgan fingerprint density at radius 2 is 1.43 bits per heavy atom. The Labute approximate surface area is 163 Å². The topological polar surface area (TPSA) is 89.5 Å². The Morgan fingerprint density at radius 1 is 0.857 bits per heavy atom. The van der Waals surface area contributed by atoms with Gasteiger partial charge >= 0.3 is 5.97 Å². The van der Waals surface area contributed by atoms with E-state index in [2.05, 4.69) is 0 Å². The Kier molecular flexibility index (Phi) is 4.59. The van der Waals surface area contributed by atoms with E-state index in [1.165, 1.54) is 6.92 Å². The third-order valence-electron chi connectivity index (χ3n) is 4.87. The minimum atomic E-state index is -1.04. The summed E-state index contributed by atoms with van der Waals surface area (Å²) in [4.78, 5) is 24.2. The highest BCUT2D eigenvalue weighted by atomic mass is 16.9. The molecule has 3 fully saturated rings. The molecule has 4 rings (SSSR count). The van der Waals surface area contributed by atoms with Crippen LogP contribution in [0.2, 0.25) is 0 Å². The number of rotatable bonds is 3. The van der Waals surface area contributed by atoms with Gasteiger partial charge in [0.25, 0.3) is 0 Å². The number of benzene rings is 1. The van der Waals surface area contributed by atoms with Crippen LogP contribution >= 0.6 is 0 Å². The van der Waals surface area contributed by atoms with Crippen molar-refractivity contribution in [1.82, 2.24) is 0 Å². The zero-order valence-electron chi connectivity index (χ0n) is 16.5. The van der Waals surface area contributed by atoms with Crippen LogP contribution in [0.25, 0.3) is 0 Å². The van der Waals surface area contributed by atoms with Gasteiger partial charge in [-0.05, 0) is 58.9 Å². The molecule has 1 aromatic carbocycles. The largest absolute Gasteiger partial charge is 0.425 e. The van der Waals surface area contributed by atoms with Crippen LogP contribution in [0.15, 0.2) is 24.3 Å². The summed E-state index contributed by atoms with van der Waals surface area (Å²) in [5, 5.41) is 0. The Bertz CT molecular complexity index is 784. The van der Waals surface area contributed by atoms with Crippen molar-refractivity contribution in [3.8, 4) is 5.75 Å². The van der Waals surface area contributed by atoms with Gasteiger partial charge in [-0.1, -0.05) is 0 Å². The molecule has 3 saturated heterocycles. The highest BCUT2D eigenvalue weighted by Crippen LogP contribution is 2.44. The molecule has 0 amide bonds. The van der Waals surface area contributed by atoms with Gasteiger partial charge in [0.15, 0.2) is 29.8 Å². The van der Waals surface area contributed by atoms with Crippen molar-refractivity contribution in [1.29, 1.82) is 0 Å². The summed E-state index contributed by atoms with van der Waals surface area (Å²) in [7, 11) is 0. The summed E-state index contributed by atoms with van der Waals surface area (Å²) in [5.41, 5.74) is 0.532. The van der Waals surface area contributed by atoms with Gasteiger partial charge in [0.05, 0.1) is 0 Å². The fourth-order valence-electron chi connectivity index (χ4n) is 3.73. The van der Waals surface area contributed by atoms with Gasteiger partial charge < -0.3 is 28.4 Å². The van der Waals surface area contributed by atoms with Crippen LogP contribution in [0, 0.1) is 0 Å². The van der Waals surface area contributed by atoms with E-state index in [4.69, 9.17) is 28.4 Å². The third kappa shape index (κ3) is 3.58. The van der Waals surface area contributed by atoms with Crippen LogP contribution in [0.1, 0.15) is 45.0 Å². The van der Waals surface area contributed by atoms with Crippen LogP contribution in [-0.2, 0) is 28.5 Å². The summed E-state index contributed by atoms with van der Waals surface area (Å²) >= 11 is 0. The van der Waals surface area contributed by atoms with Crippen molar-refractivity contribution in [2.24, 2.45) is 0 Å². The van der Waals surface area contributed by atoms with E-state index in [0.717, 1.165) is 0 Å². The fraction of sp³-hybridized carbons (Fsp3) is 0.600. The summed E-state index contributed by atoms with van der Waals surface area (Å²) in [6, 6.07) is 6.32. The second-order valence-electron chi connectivity index (χ2n) is 8.09. The SMILES string of the molecule is CC(=O)c1ccc(OC(=O)[C@@H]2O[C@@H]3OC(C)(C)O[C@@H]3[C@@H]3OC(C)(C)O[C@@H]32)cc1. The van der Waals surface area contributed by atoms with Crippen molar-refractivity contribution in [3.63, 3.8) is 0 Å². The lowest BCUT2D eigenvalue weighted by Gasteiger charge is -2.35. The average Bonchev–Trinajstić information content (AvgIpc) is 3.08. The molecular formula is C20H24O8. The van der Waals surface area contributed by atoms with Crippen LogP contribution in [-0.4, -0.2) is 54.0 Å². The van der Waals surface area contributed by atoms with E-state index in [1.807, 2.05) is 0 Å². The van der Waals surface area contributed by atoms with Crippen molar-refractivity contribution in [3.05, 3.63) is 29.8 Å². The first-order valence-electron chi connectivity index (χ1n) is 9.24. The lowest BCUT2D eigenvalue weighted by molar-refractivity contribution is -0.236. The number of ether oxygens (including phenoxy) is 6. The molecule has 0 N–H and O–H groups in total. The number of ketones is 1. The molecule has 8 heteroatoms. The van der Waals surface area contributed by atoms with Crippen molar-refractivity contribution in [2.75, 3.05) is 0 Å². The first-order chi connectivity index (χ1) is 13.0. The molecule has 28 heavy (non-hydrogen) atoms. The molecule has 3 heterocycles. The molecule has 8 nitrogen and oxygen atoms in total. The maximum atomic E-state index is 12.8. The highest BCUT2D eigenvalue weighted by Gasteiger charge is 2.62. The molecule has 0 unspecified atom stereocenters. The van der Waals surface area contributed by atoms with Gasteiger partial charge in [0.2, 0.25) is 0 Å². The molecular weight excluding hydrogens is 368 g/mol. The van der Waals surface area contributed by atoms with E-state index in [-0.39, 0.29) is 5.78 Å². The Hall–Kier alpha value is -1.84. The van der Waals surface area contributed by atoms with E-state index in [1.54, 1.807) is 52.0 Å². The lowest BCUT2D eigenvalue weighted by atomic mass is 9.99. The molecule has 5 atom stereocenters. The Morgan fingerprint density at radius 3 is 2.07 bits per heavy atom. The highest BCUT2D eigenvalue weighted by molar-refractivity contribution is 5.94. The van der Waals surface area contributed by atoms with Gasteiger partial charge in [0, 0.05) is 5.56 Å². The molecule has 3 aliphatic heterocycles. The zero-order chi connectivity index (χ0) is 20.3. The zero-order valence-corrected chi connectivity index (χ0v) is 16.5. The summed E-state index contributed by atoms with van der Waals surface area (Å²) in [6.45, 7) is 8.55. The molecule has 0 bridgehead atoms. The number of fused-ring (bicyclic) bond motifs is 3. The maximum absolute atomic E-state index is 12.8. The average molecular weight is 392 g/mol. The monoisotopic (exact) mass is 392 g/mol. The third-order valence-corrected chi connectivity index (χ3v) is 4.87. The minimum Gasteiger partial charge on any atom is -0.425 e. The van der Waals surface area contributed by atoms with Gasteiger partial charge in [-0.3, -0.25) is 4.79 Å². The second-order valence-corrected chi connectivity index (χ2v) is 8.09. The van der Waals surface area contributed by atoms with E-state index >= 15 is 0 Å². The second kappa shape index (κ2) is 6.60. The summed E-state index contributed by atoms with van der Waals surface area (Å²) < 4.78 is 34.9. The molecule has 152 valence electrons. The van der Waals surface area contributed by atoms with Crippen molar-refractivity contribution < 1.29 is 38.0 Å². The van der Waals surface area contributed by atoms with Crippen molar-refractivity contribution in [2.45, 2.75) is 76.9 Å². The van der Waals surface area contributed by atoms with Crippen LogP contribution in [0.5, 0.6) is 5.75 Å². The molecule has 0 aliphatic carbocycles. The van der Waals surface area contributed by atoms with Crippen LogP contribution in [0.4, 0.5) is 0 Å². The number of hydrogen-bond donors (Lipinski definition) is 0. The maximum Gasteiger partial charge on any atom is 0.343 e. The summed E-state index contributed by atoms with van der Waals surface area (Å²) in [6.07, 6.45) is -3.56. The van der Waals surface area contributed by atoms with E-state index < -0.39 is 48.2 Å². The molecule has 0 radical (unpaired) electrons. The summed E-state index contributed by atoms with van der Waals surface area (Å²) in [5.74, 6) is -2.15. The van der Waals surface area contributed by atoms with E-state index in [9.17, 15) is 9.59 Å². The first-order valence-corrected chi connectivity index (χ1v) is 9.24. The van der Waals surface area contributed by atoms with Gasteiger partial charge in [-0.2, -0.15) is 0 Å². The molecule has 0 spiro atoms. The van der Waals surface area contributed by atoms with Crippen LogP contribution < -0.4 is 4.74 Å². The van der Waals surface area contributed by atoms with Gasteiger partial charge in [-0.25, -0.2) is 4.79 Å². The molecule has 0 saturated carbocycles. The smallest absolute Gasteiger partial charge is 0.343 e. The predicted octanol–water partition coefficient (Wildman–Crippen LogP) is 2.19. The molecule has 3 aliphatic rings. The van der Waals surface area contributed by atoms with Crippen LogP contribution in [0.3, 0.4) is 0 Å². The van der Waals surface area contributed by atoms with Crippen molar-refractivity contribution >= 4 is 11.8 Å². The number of carbonyl (C=O) groups is 2. The normalized spacial score (nSPS) is 35.1. The fourth-order valence-corrected chi connectivity index (χ4v) is 3.73. The lowest BCUT2D eigenvalue weighted by Crippen LogP contribution is -2.58. The number of Topliss-reactive ketones (excluding diaryl/α,β-unsaturated/α-hetero) is 1. The number of esters is 1. The van der Waals surface area contributed by atoms with E-state index in [0.29, 0.717) is 11.3 Å². The Balaban J connectivity index is 1.54. The quantitative estimate of drug-likeness (QED) is 0.439. The molecule has 1 aromatic rings. The number of hydrogen-bond acceptors (Lipinski definition) is 8. The van der Waals surface area contributed by atoms with Gasteiger partial charge in [-0.15, -0.1) is 0 Å². The molecule has 0 aromatic heterocycles. The predicted molar refractivity (Wildman–Crippen MR) is 94.6 cm³/mol. The first kappa shape index (κ1) is 19.5. The standard InChI is InChI=1S/C20H24O8/c1-10(21)11-6-8-12(9-7-11)23-17(22)15-13-14(26-19(2,3)25-13)16-18(24-15)28-20(4,5)27-16/h6-9,13-16,18H,1-5H3/t13-,14+,15+,16+,18+/m0/s1.